The fourth-order valence-corrected chi connectivity index (χ4v) is 18.2. The molecule has 0 spiro atoms. The molecule has 0 bridgehead atoms. The second kappa shape index (κ2) is 38.8. The van der Waals surface area contributed by atoms with Crippen molar-refractivity contribution in [3.63, 3.8) is 0 Å². The zero-order valence-corrected chi connectivity index (χ0v) is 76.0. The van der Waals surface area contributed by atoms with Crippen LogP contribution in [0, 0.1) is 18.2 Å². The van der Waals surface area contributed by atoms with Gasteiger partial charge in [-0.25, -0.2) is 4.98 Å². The summed E-state index contributed by atoms with van der Waals surface area (Å²) < 4.78 is 6.97. The number of anilines is 3. The standard InChI is InChI=1S/C51H38N2.C39H25N5.3C11H8N.Ir/c1-51(2)47-19-11-9-17-43(47)44-31-30-42(34-48(44)51)52(40-26-21-36(22-27-40)35-13-5-3-6-14-35)41-28-23-37(24-29-41)38-25-32-50-46(33-38)45-18-10-12-20-49(45)53(50)39-15-7-4-8-16-39;1-4-14-26(15-5-1)37-40-38(27-16-6-2-7-17-27)42-39(41-37)44-34-23-13-11-21-30(34)32-25-24-31-29-20-10-12-22-33(29)43(35(31)36(32)44)28-18-8-3-9-19-28;3*1-2-6-10(7-3-1)11-8-4-5-9-12-11;/h3-34H,1-2H3;1-25H;3*1-6,8-9H;/q;;3*-1;+3. The monoisotopic (exact) mass is 1900 g/mol. The molecule has 0 atom stereocenters. The number of pyridine rings is 3. The van der Waals surface area contributed by atoms with Gasteiger partial charge in [-0.3, -0.25) is 4.57 Å². The van der Waals surface area contributed by atoms with Gasteiger partial charge in [-0.05, 0) is 171 Å². The molecule has 7 aromatic heterocycles. The molecule has 25 rings (SSSR count). The van der Waals surface area contributed by atoms with Crippen LogP contribution >= 0.6 is 0 Å². The Hall–Kier alpha value is -17.0. The summed E-state index contributed by atoms with van der Waals surface area (Å²) >= 11 is 0. The van der Waals surface area contributed by atoms with Gasteiger partial charge in [0.1, 0.15) is 0 Å². The molecule has 1 aliphatic carbocycles. The number of rotatable bonds is 13. The molecule has 0 aliphatic heterocycles. The molecule has 0 radical (unpaired) electrons. The maximum atomic E-state index is 5.17. The molecule has 0 saturated carbocycles. The van der Waals surface area contributed by atoms with Crippen LogP contribution < -0.4 is 4.90 Å². The van der Waals surface area contributed by atoms with E-state index in [0.29, 0.717) is 17.6 Å². The SMILES string of the molecule is CC1(C)c2ccccc2-c2ccc(N(c3ccc(-c4ccccc4)cc3)c3ccc(-c4ccc5c(c4)c4ccccc4n5-c4ccccc4)cc3)cc21.[Ir+3].[c-]1ccccc1-c1ccccn1.[c-]1ccccc1-c1ccccn1.[c-]1ccccc1-c1ccccn1.c1ccc(-c2nc(-c3ccccc3)nc(-n3c4ccccc4c4ccc5c6ccccc6n(-c6ccccc6)c5c43)n2)cc1. The molecule has 24 aromatic rings. The van der Waals surface area contributed by atoms with E-state index >= 15 is 0 Å². The third-order valence-electron chi connectivity index (χ3n) is 24.5. The van der Waals surface area contributed by atoms with Crippen LogP contribution in [0.5, 0.6) is 0 Å². The largest absolute Gasteiger partial charge is 3.00 e. The van der Waals surface area contributed by atoms with Gasteiger partial charge in [-0.15, -0.1) is 108 Å². The number of nitrogens with zero attached hydrogens (tertiary/aromatic N) is 10. The Balaban J connectivity index is 0.000000121. The van der Waals surface area contributed by atoms with Crippen molar-refractivity contribution in [2.75, 3.05) is 4.90 Å². The van der Waals surface area contributed by atoms with Crippen molar-refractivity contribution in [1.29, 1.82) is 0 Å². The van der Waals surface area contributed by atoms with Crippen molar-refractivity contribution in [1.82, 2.24) is 43.6 Å². The average Bonchev–Trinajstić information content (AvgIpc) is 1.54. The zero-order chi connectivity index (χ0) is 89.2. The van der Waals surface area contributed by atoms with Crippen LogP contribution in [0.3, 0.4) is 0 Å². The van der Waals surface area contributed by atoms with Crippen LogP contribution in [0.4, 0.5) is 17.1 Å². The number of hydrogen-bond acceptors (Lipinski definition) is 7. The fourth-order valence-electron chi connectivity index (χ4n) is 18.2. The third-order valence-corrected chi connectivity index (χ3v) is 24.5. The minimum absolute atomic E-state index is 0. The molecule has 134 heavy (non-hydrogen) atoms. The molecule has 0 fully saturated rings. The molecule has 638 valence electrons. The molecule has 10 nitrogen and oxygen atoms in total. The first-order chi connectivity index (χ1) is 65.8. The molecule has 0 N–H and O–H groups in total. The van der Waals surface area contributed by atoms with E-state index in [2.05, 4.69) is 351 Å². The number of hydrogen-bond donors (Lipinski definition) is 0. The Morgan fingerprint density at radius 2 is 0.604 bits per heavy atom. The van der Waals surface area contributed by atoms with Gasteiger partial charge in [0, 0.05) is 95.9 Å². The van der Waals surface area contributed by atoms with Crippen molar-refractivity contribution in [3.8, 4) is 107 Å². The van der Waals surface area contributed by atoms with Crippen LogP contribution in [0.25, 0.3) is 173 Å². The van der Waals surface area contributed by atoms with E-state index < -0.39 is 0 Å². The molecular formula is C123H87IrN10. The van der Waals surface area contributed by atoms with Gasteiger partial charge in [0.25, 0.3) is 0 Å². The molecular weight excluding hydrogens is 1810 g/mol. The van der Waals surface area contributed by atoms with Crippen molar-refractivity contribution >= 4 is 82.5 Å². The van der Waals surface area contributed by atoms with Crippen molar-refractivity contribution in [2.45, 2.75) is 19.3 Å². The van der Waals surface area contributed by atoms with E-state index in [9.17, 15) is 0 Å². The second-order valence-corrected chi connectivity index (χ2v) is 33.0. The van der Waals surface area contributed by atoms with Gasteiger partial charge >= 0.3 is 20.1 Å². The molecule has 11 heteroatoms. The predicted molar refractivity (Wildman–Crippen MR) is 549 cm³/mol. The number of fused-ring (bicyclic) bond motifs is 13. The Bertz CT molecular complexity index is 7790. The van der Waals surface area contributed by atoms with Gasteiger partial charge in [0.05, 0.1) is 33.1 Å². The number of aromatic nitrogens is 9. The Morgan fingerprint density at radius 1 is 0.246 bits per heavy atom. The van der Waals surface area contributed by atoms with E-state index in [4.69, 9.17) is 15.0 Å². The van der Waals surface area contributed by atoms with E-state index in [0.717, 1.165) is 100 Å². The van der Waals surface area contributed by atoms with Gasteiger partial charge in [-0.2, -0.15) is 9.97 Å². The van der Waals surface area contributed by atoms with Gasteiger partial charge in [0.2, 0.25) is 5.95 Å². The Kier molecular flexibility index (Phi) is 24.6. The summed E-state index contributed by atoms with van der Waals surface area (Å²) in [5, 5.41) is 7.20. The molecule has 1 aliphatic rings. The minimum Gasteiger partial charge on any atom is -0.310 e. The normalized spacial score (nSPS) is 11.5. The molecule has 17 aromatic carbocycles. The molecule has 0 amide bonds. The fraction of sp³-hybridized carbons (Fsp3) is 0.0244. The smallest absolute Gasteiger partial charge is 0.310 e. The summed E-state index contributed by atoms with van der Waals surface area (Å²) in [6.07, 6.45) is 5.36. The van der Waals surface area contributed by atoms with Crippen LogP contribution in [-0.2, 0) is 25.5 Å². The van der Waals surface area contributed by atoms with Crippen molar-refractivity contribution in [3.05, 3.63) is 521 Å². The predicted octanol–water partition coefficient (Wildman–Crippen LogP) is 30.9. The van der Waals surface area contributed by atoms with Crippen LogP contribution in [0.2, 0.25) is 0 Å². The van der Waals surface area contributed by atoms with Gasteiger partial charge in [0.15, 0.2) is 11.6 Å². The molecule has 0 saturated heterocycles. The number of benzene rings is 17. The summed E-state index contributed by atoms with van der Waals surface area (Å²) in [5.74, 6) is 1.86. The van der Waals surface area contributed by atoms with E-state index in [1.807, 2.05) is 188 Å². The topological polar surface area (TPSA) is 95.4 Å². The second-order valence-electron chi connectivity index (χ2n) is 33.0. The zero-order valence-electron chi connectivity index (χ0n) is 73.6. The van der Waals surface area contributed by atoms with E-state index in [1.165, 1.54) is 82.8 Å². The summed E-state index contributed by atoms with van der Waals surface area (Å²) in [7, 11) is 0. The summed E-state index contributed by atoms with van der Waals surface area (Å²) in [5.41, 5.74) is 30.6. The minimum atomic E-state index is -0.0864. The van der Waals surface area contributed by atoms with Crippen LogP contribution in [0.15, 0.2) is 492 Å². The summed E-state index contributed by atoms with van der Waals surface area (Å²) in [4.78, 5) is 30.3. The van der Waals surface area contributed by atoms with Crippen molar-refractivity contribution < 1.29 is 20.1 Å². The van der Waals surface area contributed by atoms with Crippen LogP contribution in [-0.4, -0.2) is 43.6 Å². The Labute approximate surface area is 792 Å². The number of para-hydroxylation sites is 5. The maximum Gasteiger partial charge on any atom is 3.00 e. The molecule has 0 unspecified atom stereocenters. The molecule has 7 heterocycles. The van der Waals surface area contributed by atoms with Gasteiger partial charge < -0.3 is 29.0 Å². The Morgan fingerprint density at radius 3 is 1.07 bits per heavy atom. The quantitative estimate of drug-likeness (QED) is 0.106. The van der Waals surface area contributed by atoms with Crippen molar-refractivity contribution in [2.24, 2.45) is 0 Å². The summed E-state index contributed by atoms with van der Waals surface area (Å²) in [6, 6.07) is 174. The van der Waals surface area contributed by atoms with E-state index in [1.54, 1.807) is 18.6 Å². The first-order valence-corrected chi connectivity index (χ1v) is 44.7. The van der Waals surface area contributed by atoms with Gasteiger partial charge in [-0.1, -0.05) is 305 Å². The van der Waals surface area contributed by atoms with Crippen LogP contribution in [0.1, 0.15) is 25.0 Å². The third kappa shape index (κ3) is 17.3. The maximum absolute atomic E-state index is 5.17. The first-order valence-electron chi connectivity index (χ1n) is 44.7. The summed E-state index contributed by atoms with van der Waals surface area (Å²) in [6.45, 7) is 4.70. The average molecular weight is 1900 g/mol. The first kappa shape index (κ1) is 85.2. The van der Waals surface area contributed by atoms with E-state index in [-0.39, 0.29) is 25.5 Å².